The van der Waals surface area contributed by atoms with Crippen LogP contribution in [0.3, 0.4) is 0 Å². The summed E-state index contributed by atoms with van der Waals surface area (Å²) in [4.78, 5) is 29.1. The summed E-state index contributed by atoms with van der Waals surface area (Å²) in [5.41, 5.74) is 0.293. The number of fused-ring (bicyclic) bond motifs is 1. The van der Waals surface area contributed by atoms with Crippen LogP contribution in [0.1, 0.15) is 24.2 Å². The molecule has 3 rings (SSSR count). The standard InChI is InChI=1S/C16H17FN2O2S/c1-9-10(2)22-6-5-19(9)16(21)13-8-15(20)18-14-7-11(17)3-4-12(13)14/h3-4,7-10H,5-6H2,1-2H3,(H,18,20). The van der Waals surface area contributed by atoms with Gasteiger partial charge in [-0.1, -0.05) is 6.92 Å². The van der Waals surface area contributed by atoms with E-state index in [1.54, 1.807) is 11.0 Å². The number of carbonyl (C=O) groups is 1. The van der Waals surface area contributed by atoms with E-state index in [-0.39, 0.29) is 11.9 Å². The van der Waals surface area contributed by atoms with E-state index in [0.29, 0.717) is 28.3 Å². The highest BCUT2D eigenvalue weighted by Gasteiger charge is 2.30. The summed E-state index contributed by atoms with van der Waals surface area (Å²) in [7, 11) is 0. The summed E-state index contributed by atoms with van der Waals surface area (Å²) in [6.45, 7) is 4.77. The maximum atomic E-state index is 13.3. The zero-order chi connectivity index (χ0) is 15.9. The van der Waals surface area contributed by atoms with Gasteiger partial charge in [-0.2, -0.15) is 11.8 Å². The molecule has 116 valence electrons. The lowest BCUT2D eigenvalue weighted by molar-refractivity contribution is 0.0700. The van der Waals surface area contributed by atoms with Crippen molar-refractivity contribution in [1.29, 1.82) is 0 Å². The largest absolute Gasteiger partial charge is 0.334 e. The van der Waals surface area contributed by atoms with Crippen molar-refractivity contribution < 1.29 is 9.18 Å². The number of aromatic nitrogens is 1. The Balaban J connectivity index is 2.09. The molecule has 4 nitrogen and oxygen atoms in total. The van der Waals surface area contributed by atoms with Crippen molar-refractivity contribution >= 4 is 28.6 Å². The van der Waals surface area contributed by atoms with Crippen LogP contribution < -0.4 is 5.56 Å². The molecule has 1 aliphatic rings. The van der Waals surface area contributed by atoms with Gasteiger partial charge in [-0.15, -0.1) is 0 Å². The number of aromatic amines is 1. The molecule has 0 bridgehead atoms. The number of nitrogens with one attached hydrogen (secondary N) is 1. The van der Waals surface area contributed by atoms with Crippen molar-refractivity contribution in [2.75, 3.05) is 12.3 Å². The molecular formula is C16H17FN2O2S. The third-order valence-electron chi connectivity index (χ3n) is 4.18. The van der Waals surface area contributed by atoms with Crippen LogP contribution in [0.25, 0.3) is 10.9 Å². The minimum absolute atomic E-state index is 0.0982. The summed E-state index contributed by atoms with van der Waals surface area (Å²) >= 11 is 1.84. The van der Waals surface area contributed by atoms with E-state index in [0.717, 1.165) is 5.75 Å². The first-order chi connectivity index (χ1) is 10.5. The summed E-state index contributed by atoms with van der Waals surface area (Å²) in [6, 6.07) is 5.49. The molecule has 0 spiro atoms. The van der Waals surface area contributed by atoms with Crippen LogP contribution in [-0.4, -0.2) is 39.4 Å². The van der Waals surface area contributed by atoms with Crippen molar-refractivity contribution in [3.63, 3.8) is 0 Å². The lowest BCUT2D eigenvalue weighted by atomic mass is 10.1. The Kier molecular flexibility index (Phi) is 3.95. The van der Waals surface area contributed by atoms with Crippen LogP contribution in [0.15, 0.2) is 29.1 Å². The van der Waals surface area contributed by atoms with Gasteiger partial charge in [0.25, 0.3) is 5.91 Å². The van der Waals surface area contributed by atoms with E-state index >= 15 is 0 Å². The molecule has 1 saturated heterocycles. The Labute approximate surface area is 131 Å². The molecule has 1 aromatic carbocycles. The highest BCUT2D eigenvalue weighted by Crippen LogP contribution is 2.27. The molecular weight excluding hydrogens is 303 g/mol. The number of hydrogen-bond donors (Lipinski definition) is 1. The number of rotatable bonds is 1. The van der Waals surface area contributed by atoms with Gasteiger partial charge in [-0.25, -0.2) is 4.39 Å². The number of H-pyrrole nitrogens is 1. The first-order valence-corrected chi connectivity index (χ1v) is 8.27. The van der Waals surface area contributed by atoms with E-state index < -0.39 is 11.4 Å². The topological polar surface area (TPSA) is 53.2 Å². The Morgan fingerprint density at radius 3 is 2.91 bits per heavy atom. The zero-order valence-corrected chi connectivity index (χ0v) is 13.2. The van der Waals surface area contributed by atoms with Crippen LogP contribution >= 0.6 is 11.8 Å². The first-order valence-electron chi connectivity index (χ1n) is 7.22. The Morgan fingerprint density at radius 2 is 2.14 bits per heavy atom. The molecule has 2 unspecified atom stereocenters. The zero-order valence-electron chi connectivity index (χ0n) is 12.4. The van der Waals surface area contributed by atoms with E-state index in [4.69, 9.17) is 0 Å². The van der Waals surface area contributed by atoms with E-state index in [9.17, 15) is 14.0 Å². The smallest absolute Gasteiger partial charge is 0.255 e. The molecule has 2 atom stereocenters. The number of pyridine rings is 1. The fraction of sp³-hybridized carbons (Fsp3) is 0.375. The molecule has 2 aromatic rings. The van der Waals surface area contributed by atoms with Crippen LogP contribution in [0.5, 0.6) is 0 Å². The summed E-state index contributed by atoms with van der Waals surface area (Å²) in [6.07, 6.45) is 0. The number of carbonyl (C=O) groups excluding carboxylic acids is 1. The van der Waals surface area contributed by atoms with Crippen molar-refractivity contribution in [1.82, 2.24) is 9.88 Å². The predicted octanol–water partition coefficient (Wildman–Crippen LogP) is 2.63. The molecule has 0 radical (unpaired) electrons. The van der Waals surface area contributed by atoms with E-state index in [1.807, 2.05) is 18.7 Å². The molecule has 1 aliphatic heterocycles. The van der Waals surface area contributed by atoms with Gasteiger partial charge in [-0.3, -0.25) is 9.59 Å². The van der Waals surface area contributed by atoms with Crippen LogP contribution in [0.2, 0.25) is 0 Å². The van der Waals surface area contributed by atoms with Crippen LogP contribution in [-0.2, 0) is 0 Å². The third kappa shape index (κ3) is 2.63. The Bertz CT molecular complexity index is 789. The number of halogens is 1. The third-order valence-corrected chi connectivity index (χ3v) is 5.52. The number of nitrogens with zero attached hydrogens (tertiary/aromatic N) is 1. The first kappa shape index (κ1) is 15.1. The van der Waals surface area contributed by atoms with E-state index in [2.05, 4.69) is 11.9 Å². The van der Waals surface area contributed by atoms with Crippen molar-refractivity contribution in [2.45, 2.75) is 25.1 Å². The Hall–Kier alpha value is -1.82. The molecule has 22 heavy (non-hydrogen) atoms. The van der Waals surface area contributed by atoms with Crippen LogP contribution in [0, 0.1) is 5.82 Å². The number of benzene rings is 1. The second-order valence-corrected chi connectivity index (χ2v) is 7.04. The lowest BCUT2D eigenvalue weighted by Crippen LogP contribution is -2.48. The highest BCUT2D eigenvalue weighted by atomic mass is 32.2. The highest BCUT2D eigenvalue weighted by molar-refractivity contribution is 8.00. The molecule has 0 saturated carbocycles. The van der Waals surface area contributed by atoms with Crippen LogP contribution in [0.4, 0.5) is 4.39 Å². The van der Waals surface area contributed by atoms with Gasteiger partial charge in [0.05, 0.1) is 11.1 Å². The normalized spacial score (nSPS) is 22.0. The number of amides is 1. The summed E-state index contributed by atoms with van der Waals surface area (Å²) in [5.74, 6) is 0.277. The molecule has 1 aromatic heterocycles. The average molecular weight is 320 g/mol. The van der Waals surface area contributed by atoms with Crippen molar-refractivity contribution in [3.05, 3.63) is 46.0 Å². The van der Waals surface area contributed by atoms with Crippen molar-refractivity contribution in [2.24, 2.45) is 0 Å². The van der Waals surface area contributed by atoms with Gasteiger partial charge in [0, 0.05) is 35.0 Å². The van der Waals surface area contributed by atoms with Gasteiger partial charge in [0.15, 0.2) is 0 Å². The Morgan fingerprint density at radius 1 is 1.36 bits per heavy atom. The minimum atomic E-state index is -0.441. The molecule has 1 amide bonds. The molecule has 2 heterocycles. The SMILES string of the molecule is CC1SCCN(C(=O)c2cc(=O)[nH]c3cc(F)ccc23)C1C. The quantitative estimate of drug-likeness (QED) is 0.879. The molecule has 0 aliphatic carbocycles. The van der Waals surface area contributed by atoms with Gasteiger partial charge in [0.1, 0.15) is 5.82 Å². The summed E-state index contributed by atoms with van der Waals surface area (Å²) < 4.78 is 13.3. The average Bonchev–Trinajstić information content (AvgIpc) is 2.48. The minimum Gasteiger partial charge on any atom is -0.334 e. The fourth-order valence-corrected chi connectivity index (χ4v) is 3.88. The van der Waals surface area contributed by atoms with E-state index in [1.165, 1.54) is 18.2 Å². The molecule has 6 heteroatoms. The monoisotopic (exact) mass is 320 g/mol. The molecule has 1 fully saturated rings. The van der Waals surface area contributed by atoms with Gasteiger partial charge in [-0.05, 0) is 25.1 Å². The predicted molar refractivity (Wildman–Crippen MR) is 86.9 cm³/mol. The maximum absolute atomic E-state index is 13.3. The van der Waals surface area contributed by atoms with Crippen molar-refractivity contribution in [3.8, 4) is 0 Å². The van der Waals surface area contributed by atoms with Gasteiger partial charge < -0.3 is 9.88 Å². The fourth-order valence-electron chi connectivity index (χ4n) is 2.78. The maximum Gasteiger partial charge on any atom is 0.255 e. The number of hydrogen-bond acceptors (Lipinski definition) is 3. The number of thioether (sulfide) groups is 1. The summed E-state index contributed by atoms with van der Waals surface area (Å²) in [5, 5.41) is 0.924. The van der Waals surface area contributed by atoms with Gasteiger partial charge in [0.2, 0.25) is 5.56 Å². The van der Waals surface area contributed by atoms with Gasteiger partial charge >= 0.3 is 0 Å². The lowest BCUT2D eigenvalue weighted by Gasteiger charge is -2.37. The second kappa shape index (κ2) is 5.76. The second-order valence-electron chi connectivity index (χ2n) is 5.55. The molecule has 1 N–H and O–H groups in total.